The van der Waals surface area contributed by atoms with Gasteiger partial charge in [-0.25, -0.2) is 8.42 Å². The lowest BCUT2D eigenvalue weighted by Gasteiger charge is -2.24. The van der Waals surface area contributed by atoms with Crippen LogP contribution in [-0.4, -0.2) is 32.4 Å². The molecule has 0 amide bonds. The fourth-order valence-corrected chi connectivity index (χ4v) is 4.14. The van der Waals surface area contributed by atoms with Crippen LogP contribution in [0.5, 0.6) is 0 Å². The van der Waals surface area contributed by atoms with Gasteiger partial charge in [0.05, 0.1) is 4.90 Å². The smallest absolute Gasteiger partial charge is 0.243 e. The first-order valence-electron chi connectivity index (χ1n) is 7.98. The molecule has 2 rings (SSSR count). The van der Waals surface area contributed by atoms with Gasteiger partial charge in [0, 0.05) is 25.3 Å². The molecule has 1 aromatic carbocycles. The van der Waals surface area contributed by atoms with E-state index >= 15 is 0 Å². The third-order valence-electron chi connectivity index (χ3n) is 3.89. The van der Waals surface area contributed by atoms with Crippen molar-refractivity contribution in [2.24, 2.45) is 0 Å². The first-order valence-corrected chi connectivity index (χ1v) is 9.42. The summed E-state index contributed by atoms with van der Waals surface area (Å²) in [7, 11) is -3.33. The summed E-state index contributed by atoms with van der Waals surface area (Å²) in [4.78, 5) is 0.408. The number of nitrogens with one attached hydrogen (secondary N) is 1. The lowest BCUT2D eigenvalue weighted by molar-refractivity contribution is 0.364. The van der Waals surface area contributed by atoms with Gasteiger partial charge in [0.25, 0.3) is 0 Å². The van der Waals surface area contributed by atoms with E-state index in [4.69, 9.17) is 0 Å². The van der Waals surface area contributed by atoms with Crippen molar-refractivity contribution >= 4 is 15.7 Å². The highest BCUT2D eigenvalue weighted by molar-refractivity contribution is 7.89. The van der Waals surface area contributed by atoms with E-state index in [0.29, 0.717) is 18.0 Å². The zero-order chi connectivity index (χ0) is 15.1. The molecule has 0 radical (unpaired) electrons. The van der Waals surface area contributed by atoms with E-state index in [1.54, 1.807) is 16.4 Å². The van der Waals surface area contributed by atoms with Crippen LogP contribution in [0.15, 0.2) is 29.2 Å². The van der Waals surface area contributed by atoms with E-state index in [9.17, 15) is 8.42 Å². The molecular formula is C16H26N2O2S. The molecule has 0 unspecified atom stereocenters. The van der Waals surface area contributed by atoms with Crippen LogP contribution < -0.4 is 5.32 Å². The quantitative estimate of drug-likeness (QED) is 0.906. The van der Waals surface area contributed by atoms with Crippen LogP contribution in [-0.2, 0) is 10.0 Å². The van der Waals surface area contributed by atoms with Gasteiger partial charge in [-0.15, -0.1) is 0 Å². The molecule has 1 heterocycles. The van der Waals surface area contributed by atoms with Gasteiger partial charge in [0.1, 0.15) is 0 Å². The second-order valence-electron chi connectivity index (χ2n) is 5.62. The summed E-state index contributed by atoms with van der Waals surface area (Å²) in [5.41, 5.74) is 0.975. The van der Waals surface area contributed by atoms with Gasteiger partial charge in [0.15, 0.2) is 0 Å². The first kappa shape index (κ1) is 16.3. The molecule has 1 aromatic rings. The minimum Gasteiger partial charge on any atom is -0.385 e. The van der Waals surface area contributed by atoms with Crippen molar-refractivity contribution in [2.75, 3.05) is 25.0 Å². The predicted molar refractivity (Wildman–Crippen MR) is 87.1 cm³/mol. The Kier molecular flexibility index (Phi) is 6.06. The molecule has 21 heavy (non-hydrogen) atoms. The van der Waals surface area contributed by atoms with Gasteiger partial charge in [0.2, 0.25) is 10.0 Å². The van der Waals surface area contributed by atoms with E-state index in [1.165, 1.54) is 6.42 Å². The van der Waals surface area contributed by atoms with Crippen LogP contribution in [0.4, 0.5) is 5.69 Å². The van der Waals surface area contributed by atoms with Crippen molar-refractivity contribution in [2.45, 2.75) is 50.3 Å². The van der Waals surface area contributed by atoms with E-state index in [1.807, 2.05) is 12.1 Å². The van der Waals surface area contributed by atoms with E-state index in [2.05, 4.69) is 12.2 Å². The fourth-order valence-electron chi connectivity index (χ4n) is 2.62. The van der Waals surface area contributed by atoms with Crippen molar-refractivity contribution in [3.05, 3.63) is 24.3 Å². The highest BCUT2D eigenvalue weighted by atomic mass is 32.2. The van der Waals surface area contributed by atoms with Crippen molar-refractivity contribution in [1.29, 1.82) is 0 Å². The molecule has 0 saturated carbocycles. The maximum atomic E-state index is 12.7. The molecule has 0 aromatic heterocycles. The Morgan fingerprint density at radius 2 is 1.57 bits per heavy atom. The summed E-state index contributed by atoms with van der Waals surface area (Å²) in [5, 5.41) is 3.26. The highest BCUT2D eigenvalue weighted by Crippen LogP contribution is 2.21. The van der Waals surface area contributed by atoms with Crippen molar-refractivity contribution in [3.8, 4) is 0 Å². The van der Waals surface area contributed by atoms with E-state index in [0.717, 1.165) is 44.3 Å². The normalized spacial score (nSPS) is 18.0. The zero-order valence-corrected chi connectivity index (χ0v) is 13.7. The van der Waals surface area contributed by atoms with Crippen LogP contribution in [0.25, 0.3) is 0 Å². The fraction of sp³-hybridized carbons (Fsp3) is 0.625. The Morgan fingerprint density at radius 1 is 1.00 bits per heavy atom. The average Bonchev–Trinajstić information content (AvgIpc) is 2.45. The number of benzene rings is 1. The van der Waals surface area contributed by atoms with Gasteiger partial charge in [-0.05, 0) is 43.5 Å². The van der Waals surface area contributed by atoms with Crippen LogP contribution in [0.1, 0.15) is 45.4 Å². The van der Waals surface area contributed by atoms with Crippen molar-refractivity contribution in [3.63, 3.8) is 0 Å². The molecule has 1 N–H and O–H groups in total. The molecule has 1 fully saturated rings. The molecule has 1 aliphatic heterocycles. The molecular weight excluding hydrogens is 284 g/mol. The van der Waals surface area contributed by atoms with Gasteiger partial charge in [-0.1, -0.05) is 26.2 Å². The summed E-state index contributed by atoms with van der Waals surface area (Å²) >= 11 is 0. The summed E-state index contributed by atoms with van der Waals surface area (Å²) in [5.74, 6) is 0. The summed E-state index contributed by atoms with van der Waals surface area (Å²) in [6.45, 7) is 4.31. The van der Waals surface area contributed by atoms with Gasteiger partial charge >= 0.3 is 0 Å². The molecule has 5 heteroatoms. The number of hydrogen-bond acceptors (Lipinski definition) is 3. The number of anilines is 1. The van der Waals surface area contributed by atoms with Crippen LogP contribution in [0.3, 0.4) is 0 Å². The Morgan fingerprint density at radius 3 is 2.14 bits per heavy atom. The first-order chi connectivity index (χ1) is 10.1. The number of rotatable bonds is 5. The lowest BCUT2D eigenvalue weighted by Crippen LogP contribution is -2.33. The van der Waals surface area contributed by atoms with E-state index < -0.39 is 10.0 Å². The maximum Gasteiger partial charge on any atom is 0.243 e. The summed E-state index contributed by atoms with van der Waals surface area (Å²) < 4.78 is 27.0. The lowest BCUT2D eigenvalue weighted by atomic mass is 10.1. The average molecular weight is 310 g/mol. The molecule has 0 bridgehead atoms. The topological polar surface area (TPSA) is 49.4 Å². The van der Waals surface area contributed by atoms with Crippen molar-refractivity contribution in [1.82, 2.24) is 4.31 Å². The number of hydrogen-bond donors (Lipinski definition) is 1. The molecule has 118 valence electrons. The predicted octanol–water partition coefficient (Wildman–Crippen LogP) is 3.46. The summed E-state index contributed by atoms with van der Waals surface area (Å²) in [6.07, 6.45) is 6.47. The molecule has 0 atom stereocenters. The Bertz CT molecular complexity index is 518. The Balaban J connectivity index is 2.10. The Hall–Kier alpha value is -1.07. The van der Waals surface area contributed by atoms with Crippen molar-refractivity contribution < 1.29 is 8.42 Å². The summed E-state index contributed by atoms with van der Waals surface area (Å²) in [6, 6.07) is 7.14. The van der Waals surface area contributed by atoms with Gasteiger partial charge in [-0.3, -0.25) is 0 Å². The molecule has 1 saturated heterocycles. The van der Waals surface area contributed by atoms with Crippen LogP contribution >= 0.6 is 0 Å². The van der Waals surface area contributed by atoms with Crippen LogP contribution in [0.2, 0.25) is 0 Å². The standard InChI is InChI=1S/C16H26N2O2S/c1-2-12-17-15-8-10-16(11-9-15)21(19,20)18-13-6-4-3-5-7-14-18/h8-11,17H,2-7,12-14H2,1H3. The number of nitrogens with zero attached hydrogens (tertiary/aromatic N) is 1. The SMILES string of the molecule is CCCNc1ccc(S(=O)(=O)N2CCCCCCC2)cc1. The third-order valence-corrected chi connectivity index (χ3v) is 5.80. The van der Waals surface area contributed by atoms with Gasteiger partial charge < -0.3 is 5.32 Å². The highest BCUT2D eigenvalue weighted by Gasteiger charge is 2.24. The minimum atomic E-state index is -3.33. The van der Waals surface area contributed by atoms with E-state index in [-0.39, 0.29) is 0 Å². The molecule has 1 aliphatic rings. The second kappa shape index (κ2) is 7.80. The maximum absolute atomic E-state index is 12.7. The second-order valence-corrected chi connectivity index (χ2v) is 7.56. The van der Waals surface area contributed by atoms with Gasteiger partial charge in [-0.2, -0.15) is 4.31 Å². The molecule has 0 aliphatic carbocycles. The zero-order valence-electron chi connectivity index (χ0n) is 12.8. The molecule has 4 nitrogen and oxygen atoms in total. The third kappa shape index (κ3) is 4.45. The Labute approximate surface area is 128 Å². The minimum absolute atomic E-state index is 0.408. The largest absolute Gasteiger partial charge is 0.385 e. The monoisotopic (exact) mass is 310 g/mol. The number of sulfonamides is 1. The molecule has 0 spiro atoms. The van der Waals surface area contributed by atoms with Crippen LogP contribution in [0, 0.1) is 0 Å².